The molecule has 140 valence electrons. The monoisotopic (exact) mass is 385 g/mol. The maximum Gasteiger partial charge on any atom is 0.369 e. The summed E-state index contributed by atoms with van der Waals surface area (Å²) in [6, 6.07) is 12.8. The normalized spacial score (nSPS) is 10.8. The van der Waals surface area contributed by atoms with E-state index in [0.29, 0.717) is 10.7 Å². The molecule has 0 aliphatic heterocycles. The minimum atomic E-state index is -0.530. The SMILES string of the molecule is CCc1cccc(CC)c1NC(=O)Cn1nnn(-c2ccccc2Cl)c1=O. The second kappa shape index (κ2) is 8.18. The number of carbonyl (C=O) groups is 1. The second-order valence-electron chi connectivity index (χ2n) is 5.99. The molecule has 8 heteroatoms. The highest BCUT2D eigenvalue weighted by Gasteiger charge is 2.15. The molecule has 0 unspecified atom stereocenters. The first-order valence-corrected chi connectivity index (χ1v) is 9.11. The molecule has 1 heterocycles. The van der Waals surface area contributed by atoms with E-state index in [9.17, 15) is 9.59 Å². The number of aryl methyl sites for hydroxylation is 2. The van der Waals surface area contributed by atoms with Crippen LogP contribution in [-0.2, 0) is 24.2 Å². The van der Waals surface area contributed by atoms with E-state index in [1.165, 1.54) is 0 Å². The number of halogens is 1. The number of nitrogens with zero attached hydrogens (tertiary/aromatic N) is 4. The summed E-state index contributed by atoms with van der Waals surface area (Å²) in [7, 11) is 0. The third kappa shape index (κ3) is 3.93. The maximum absolute atomic E-state index is 12.5. The lowest BCUT2D eigenvalue weighted by Gasteiger charge is -2.14. The Labute approximate surface area is 161 Å². The van der Waals surface area contributed by atoms with Crippen molar-refractivity contribution in [3.05, 3.63) is 69.1 Å². The molecule has 3 rings (SSSR count). The van der Waals surface area contributed by atoms with Gasteiger partial charge in [0.2, 0.25) is 5.91 Å². The fraction of sp³-hybridized carbons (Fsp3) is 0.263. The first-order chi connectivity index (χ1) is 13.0. The van der Waals surface area contributed by atoms with Crippen molar-refractivity contribution in [2.24, 2.45) is 0 Å². The number of hydrogen-bond donors (Lipinski definition) is 1. The third-order valence-corrected chi connectivity index (χ3v) is 4.60. The summed E-state index contributed by atoms with van der Waals surface area (Å²) >= 11 is 6.10. The second-order valence-corrected chi connectivity index (χ2v) is 6.40. The van der Waals surface area contributed by atoms with Crippen LogP contribution in [-0.4, -0.2) is 25.7 Å². The number of carbonyl (C=O) groups excluding carboxylic acids is 1. The molecule has 7 nitrogen and oxygen atoms in total. The minimum absolute atomic E-state index is 0.232. The molecular weight excluding hydrogens is 366 g/mol. The number of hydrogen-bond acceptors (Lipinski definition) is 4. The summed E-state index contributed by atoms with van der Waals surface area (Å²) in [4.78, 5) is 25.0. The Bertz CT molecular complexity index is 1000. The van der Waals surface area contributed by atoms with Crippen LogP contribution in [0.25, 0.3) is 5.69 Å². The number of anilines is 1. The van der Waals surface area contributed by atoms with E-state index in [1.54, 1.807) is 24.3 Å². The van der Waals surface area contributed by atoms with Crippen LogP contribution < -0.4 is 11.0 Å². The lowest BCUT2D eigenvalue weighted by molar-refractivity contribution is -0.117. The van der Waals surface area contributed by atoms with Gasteiger partial charge in [0.25, 0.3) is 0 Å². The van der Waals surface area contributed by atoms with Gasteiger partial charge < -0.3 is 5.32 Å². The van der Waals surface area contributed by atoms with Crippen molar-refractivity contribution in [3.63, 3.8) is 0 Å². The van der Waals surface area contributed by atoms with Gasteiger partial charge in [0.1, 0.15) is 6.54 Å². The number of amides is 1. The lowest BCUT2D eigenvalue weighted by atomic mass is 10.0. The van der Waals surface area contributed by atoms with E-state index in [0.717, 1.165) is 39.0 Å². The Hall–Kier alpha value is -2.93. The lowest BCUT2D eigenvalue weighted by Crippen LogP contribution is -2.30. The van der Waals surface area contributed by atoms with Crippen LogP contribution in [0.3, 0.4) is 0 Å². The molecule has 0 saturated heterocycles. The fourth-order valence-electron chi connectivity index (χ4n) is 2.87. The molecule has 2 aromatic carbocycles. The minimum Gasteiger partial charge on any atom is -0.324 e. The van der Waals surface area contributed by atoms with Crippen molar-refractivity contribution in [3.8, 4) is 5.69 Å². The Morgan fingerprint density at radius 3 is 2.33 bits per heavy atom. The van der Waals surface area contributed by atoms with Gasteiger partial charge in [-0.3, -0.25) is 4.79 Å². The number of para-hydroxylation sites is 2. The quantitative estimate of drug-likeness (QED) is 0.707. The zero-order valence-electron chi connectivity index (χ0n) is 15.1. The summed E-state index contributed by atoms with van der Waals surface area (Å²) in [5.41, 5.74) is 2.79. The van der Waals surface area contributed by atoms with E-state index in [4.69, 9.17) is 11.6 Å². The Kier molecular flexibility index (Phi) is 5.71. The molecule has 0 bridgehead atoms. The maximum atomic E-state index is 12.5. The number of tetrazole rings is 1. The van der Waals surface area contributed by atoms with Crippen LogP contribution in [0, 0.1) is 0 Å². The van der Waals surface area contributed by atoms with Crippen LogP contribution in [0.2, 0.25) is 5.02 Å². The number of nitrogens with one attached hydrogen (secondary N) is 1. The van der Waals surface area contributed by atoms with Gasteiger partial charge in [0.05, 0.1) is 10.7 Å². The van der Waals surface area contributed by atoms with E-state index in [2.05, 4.69) is 15.7 Å². The van der Waals surface area contributed by atoms with Gasteiger partial charge in [-0.2, -0.15) is 9.36 Å². The van der Waals surface area contributed by atoms with Crippen LogP contribution in [0.4, 0.5) is 5.69 Å². The molecule has 0 fully saturated rings. The van der Waals surface area contributed by atoms with E-state index in [1.807, 2.05) is 32.0 Å². The smallest absolute Gasteiger partial charge is 0.324 e. The van der Waals surface area contributed by atoms with Crippen molar-refractivity contribution in [2.45, 2.75) is 33.2 Å². The molecule has 0 saturated carbocycles. The Balaban J connectivity index is 1.83. The Morgan fingerprint density at radius 1 is 1.04 bits per heavy atom. The van der Waals surface area contributed by atoms with Gasteiger partial charge in [0.15, 0.2) is 0 Å². The van der Waals surface area contributed by atoms with Gasteiger partial charge in [-0.15, -0.1) is 0 Å². The molecule has 0 aliphatic carbocycles. The third-order valence-electron chi connectivity index (χ3n) is 4.28. The molecule has 0 atom stereocenters. The van der Waals surface area contributed by atoms with Crippen molar-refractivity contribution in [1.82, 2.24) is 19.8 Å². The number of aromatic nitrogens is 4. The highest BCUT2D eigenvalue weighted by Crippen LogP contribution is 2.22. The standard InChI is InChI=1S/C19H20ClN5O2/c1-3-13-8-7-9-14(4-2)18(13)21-17(26)12-24-19(27)25(23-22-24)16-11-6-5-10-15(16)20/h5-11H,3-4,12H2,1-2H3,(H,21,26). The van der Waals surface area contributed by atoms with Gasteiger partial charge in [-0.05, 0) is 46.5 Å². The summed E-state index contributed by atoms with van der Waals surface area (Å²) in [6.45, 7) is 3.83. The average Bonchev–Trinajstić information content (AvgIpc) is 3.02. The summed E-state index contributed by atoms with van der Waals surface area (Å²) in [6.07, 6.45) is 1.60. The average molecular weight is 386 g/mol. The van der Waals surface area contributed by atoms with E-state index >= 15 is 0 Å². The van der Waals surface area contributed by atoms with Crippen LogP contribution >= 0.6 is 11.6 Å². The zero-order chi connectivity index (χ0) is 19.4. The summed E-state index contributed by atoms with van der Waals surface area (Å²) in [5.74, 6) is -0.334. The Morgan fingerprint density at radius 2 is 1.70 bits per heavy atom. The molecular formula is C19H20ClN5O2. The highest BCUT2D eigenvalue weighted by molar-refractivity contribution is 6.32. The predicted octanol–water partition coefficient (Wildman–Crippen LogP) is 2.85. The van der Waals surface area contributed by atoms with Crippen molar-refractivity contribution in [2.75, 3.05) is 5.32 Å². The van der Waals surface area contributed by atoms with Crippen molar-refractivity contribution >= 4 is 23.2 Å². The number of benzene rings is 2. The van der Waals surface area contributed by atoms with E-state index < -0.39 is 5.69 Å². The van der Waals surface area contributed by atoms with Crippen molar-refractivity contribution < 1.29 is 4.79 Å². The van der Waals surface area contributed by atoms with Gasteiger partial charge in [-0.25, -0.2) is 4.79 Å². The molecule has 0 aliphatic rings. The molecule has 0 spiro atoms. The van der Waals surface area contributed by atoms with Gasteiger partial charge >= 0.3 is 5.69 Å². The van der Waals surface area contributed by atoms with E-state index in [-0.39, 0.29) is 12.5 Å². The van der Waals surface area contributed by atoms with Crippen LogP contribution in [0.1, 0.15) is 25.0 Å². The molecule has 1 aromatic heterocycles. The largest absolute Gasteiger partial charge is 0.369 e. The molecule has 3 aromatic rings. The topological polar surface area (TPSA) is 81.8 Å². The molecule has 27 heavy (non-hydrogen) atoms. The molecule has 0 radical (unpaired) electrons. The van der Waals surface area contributed by atoms with Gasteiger partial charge in [-0.1, -0.05) is 55.8 Å². The fourth-order valence-corrected chi connectivity index (χ4v) is 3.08. The molecule has 1 N–H and O–H groups in total. The first kappa shape index (κ1) is 18.8. The summed E-state index contributed by atoms with van der Waals surface area (Å²) < 4.78 is 2.09. The zero-order valence-corrected chi connectivity index (χ0v) is 15.9. The summed E-state index contributed by atoms with van der Waals surface area (Å²) in [5, 5.41) is 10.9. The highest BCUT2D eigenvalue weighted by atomic mass is 35.5. The number of rotatable bonds is 6. The van der Waals surface area contributed by atoms with Crippen LogP contribution in [0.5, 0.6) is 0 Å². The first-order valence-electron chi connectivity index (χ1n) is 8.73. The van der Waals surface area contributed by atoms with Crippen molar-refractivity contribution in [1.29, 1.82) is 0 Å². The van der Waals surface area contributed by atoms with Gasteiger partial charge in [0, 0.05) is 5.69 Å². The van der Waals surface area contributed by atoms with Crippen LogP contribution in [0.15, 0.2) is 47.3 Å². The predicted molar refractivity (Wildman–Crippen MR) is 104 cm³/mol. The molecule has 1 amide bonds.